The summed E-state index contributed by atoms with van der Waals surface area (Å²) in [5.41, 5.74) is 1.31. The average molecular weight is 263 g/mol. The number of hydrogen-bond acceptors (Lipinski definition) is 5. The summed E-state index contributed by atoms with van der Waals surface area (Å²) in [7, 11) is 0. The molecule has 1 aromatic carbocycles. The second-order valence-electron chi connectivity index (χ2n) is 3.78. The number of furan rings is 1. The lowest BCUT2D eigenvalue weighted by atomic mass is 10.2. The number of halogens is 1. The van der Waals surface area contributed by atoms with Crippen LogP contribution >= 0.6 is 11.7 Å². The second-order valence-corrected chi connectivity index (χ2v) is 4.31. The molecule has 0 aliphatic rings. The first-order chi connectivity index (χ1) is 8.78. The van der Waals surface area contributed by atoms with Crippen LogP contribution in [0.2, 0.25) is 0 Å². The van der Waals surface area contributed by atoms with Crippen LogP contribution in [-0.2, 0) is 0 Å². The fourth-order valence-corrected chi connectivity index (χ4v) is 2.30. The Hall–Kier alpha value is -1.95. The van der Waals surface area contributed by atoms with Crippen molar-refractivity contribution >= 4 is 28.5 Å². The zero-order valence-corrected chi connectivity index (χ0v) is 10.4. The number of nitrogens with zero attached hydrogens (tertiary/aromatic N) is 2. The number of benzene rings is 1. The van der Waals surface area contributed by atoms with E-state index in [1.165, 1.54) is 12.1 Å². The molecule has 18 heavy (non-hydrogen) atoms. The van der Waals surface area contributed by atoms with E-state index in [0.717, 1.165) is 23.7 Å². The maximum absolute atomic E-state index is 13.1. The van der Waals surface area contributed by atoms with E-state index >= 15 is 0 Å². The molecule has 0 saturated carbocycles. The molecule has 3 rings (SSSR count). The standard InChI is InChI=1S/C12H10FN3OS/c1-2-14-12-11(15-18-16-12)10-6-7-5-8(13)3-4-9(7)17-10/h3-6H,2H2,1H3,(H,14,16). The number of nitrogens with one attached hydrogen (secondary N) is 1. The number of rotatable bonds is 3. The van der Waals surface area contributed by atoms with Crippen molar-refractivity contribution in [2.24, 2.45) is 0 Å². The van der Waals surface area contributed by atoms with Crippen LogP contribution in [0.15, 0.2) is 28.7 Å². The monoisotopic (exact) mass is 263 g/mol. The molecule has 0 spiro atoms. The van der Waals surface area contributed by atoms with E-state index in [9.17, 15) is 4.39 Å². The van der Waals surface area contributed by atoms with Crippen LogP contribution in [0.1, 0.15) is 6.92 Å². The van der Waals surface area contributed by atoms with Crippen LogP contribution in [0.4, 0.5) is 10.2 Å². The summed E-state index contributed by atoms with van der Waals surface area (Å²) in [6, 6.07) is 6.20. The van der Waals surface area contributed by atoms with Gasteiger partial charge in [0.2, 0.25) is 0 Å². The van der Waals surface area contributed by atoms with E-state index in [0.29, 0.717) is 22.9 Å². The Morgan fingerprint density at radius 2 is 2.22 bits per heavy atom. The summed E-state index contributed by atoms with van der Waals surface area (Å²) in [6.45, 7) is 2.74. The van der Waals surface area contributed by atoms with Crippen LogP contribution in [0.25, 0.3) is 22.4 Å². The molecule has 0 fully saturated rings. The SMILES string of the molecule is CCNc1nsnc1-c1cc2cc(F)ccc2o1. The van der Waals surface area contributed by atoms with Gasteiger partial charge in [0.15, 0.2) is 17.3 Å². The third-order valence-corrected chi connectivity index (χ3v) is 3.07. The summed E-state index contributed by atoms with van der Waals surface area (Å²) in [4.78, 5) is 0. The summed E-state index contributed by atoms with van der Waals surface area (Å²) in [5.74, 6) is 1.01. The molecule has 2 aromatic heterocycles. The zero-order chi connectivity index (χ0) is 12.5. The molecule has 0 atom stereocenters. The van der Waals surface area contributed by atoms with Crippen LogP contribution in [0.5, 0.6) is 0 Å². The maximum atomic E-state index is 13.1. The second kappa shape index (κ2) is 4.38. The van der Waals surface area contributed by atoms with Crippen molar-refractivity contribution in [2.75, 3.05) is 11.9 Å². The summed E-state index contributed by atoms with van der Waals surface area (Å²) >= 11 is 1.12. The first-order valence-corrected chi connectivity index (χ1v) is 6.27. The summed E-state index contributed by atoms with van der Waals surface area (Å²) in [6.07, 6.45) is 0. The van der Waals surface area contributed by atoms with Crippen molar-refractivity contribution in [3.63, 3.8) is 0 Å². The van der Waals surface area contributed by atoms with Gasteiger partial charge in [-0.2, -0.15) is 8.75 Å². The van der Waals surface area contributed by atoms with Crippen LogP contribution < -0.4 is 5.32 Å². The Morgan fingerprint density at radius 1 is 1.33 bits per heavy atom. The molecule has 2 heterocycles. The van der Waals surface area contributed by atoms with Gasteiger partial charge in [-0.1, -0.05) is 0 Å². The molecule has 0 amide bonds. The van der Waals surface area contributed by atoms with Gasteiger partial charge in [-0.25, -0.2) is 4.39 Å². The fraction of sp³-hybridized carbons (Fsp3) is 0.167. The highest BCUT2D eigenvalue weighted by atomic mass is 32.1. The number of anilines is 1. The topological polar surface area (TPSA) is 51.0 Å². The molecule has 3 aromatic rings. The lowest BCUT2D eigenvalue weighted by Crippen LogP contribution is -1.97. The van der Waals surface area contributed by atoms with Crippen molar-refractivity contribution < 1.29 is 8.81 Å². The van der Waals surface area contributed by atoms with E-state index in [1.54, 1.807) is 12.1 Å². The van der Waals surface area contributed by atoms with Crippen molar-refractivity contribution in [1.82, 2.24) is 8.75 Å². The first-order valence-electron chi connectivity index (χ1n) is 5.54. The van der Waals surface area contributed by atoms with Gasteiger partial charge in [-0.05, 0) is 31.2 Å². The van der Waals surface area contributed by atoms with Gasteiger partial charge in [0.25, 0.3) is 0 Å². The van der Waals surface area contributed by atoms with Crippen LogP contribution in [0.3, 0.4) is 0 Å². The lowest BCUT2D eigenvalue weighted by molar-refractivity contribution is 0.618. The van der Waals surface area contributed by atoms with E-state index < -0.39 is 0 Å². The van der Waals surface area contributed by atoms with Gasteiger partial charge in [-0.3, -0.25) is 0 Å². The minimum absolute atomic E-state index is 0.279. The van der Waals surface area contributed by atoms with Crippen molar-refractivity contribution in [2.45, 2.75) is 6.92 Å². The molecule has 0 unspecified atom stereocenters. The van der Waals surface area contributed by atoms with Crippen LogP contribution in [-0.4, -0.2) is 15.3 Å². The smallest absolute Gasteiger partial charge is 0.171 e. The highest BCUT2D eigenvalue weighted by Crippen LogP contribution is 2.31. The maximum Gasteiger partial charge on any atom is 0.171 e. The zero-order valence-electron chi connectivity index (χ0n) is 9.61. The Balaban J connectivity index is 2.10. The Labute approximate surface area is 107 Å². The Morgan fingerprint density at radius 3 is 3.06 bits per heavy atom. The highest BCUT2D eigenvalue weighted by Gasteiger charge is 2.14. The van der Waals surface area contributed by atoms with Gasteiger partial charge < -0.3 is 9.73 Å². The first kappa shape index (κ1) is 11.2. The van der Waals surface area contributed by atoms with Gasteiger partial charge in [0, 0.05) is 11.9 Å². The molecular weight excluding hydrogens is 253 g/mol. The van der Waals surface area contributed by atoms with Crippen LogP contribution in [0, 0.1) is 5.82 Å². The highest BCUT2D eigenvalue weighted by molar-refractivity contribution is 6.99. The molecule has 0 saturated heterocycles. The fourth-order valence-electron chi connectivity index (χ4n) is 1.76. The molecule has 0 aliphatic heterocycles. The van der Waals surface area contributed by atoms with E-state index in [1.807, 2.05) is 6.92 Å². The van der Waals surface area contributed by atoms with E-state index in [-0.39, 0.29) is 5.82 Å². The summed E-state index contributed by atoms with van der Waals surface area (Å²) in [5, 5.41) is 3.84. The minimum atomic E-state index is -0.279. The largest absolute Gasteiger partial charge is 0.454 e. The third-order valence-electron chi connectivity index (χ3n) is 2.54. The third kappa shape index (κ3) is 1.84. The predicted octanol–water partition coefficient (Wildman–Crippen LogP) is 3.52. The van der Waals surface area contributed by atoms with E-state index in [2.05, 4.69) is 14.1 Å². The number of fused-ring (bicyclic) bond motifs is 1. The van der Waals surface area contributed by atoms with Gasteiger partial charge in [0.05, 0.1) is 11.7 Å². The lowest BCUT2D eigenvalue weighted by Gasteiger charge is -1.98. The van der Waals surface area contributed by atoms with Gasteiger partial charge in [0.1, 0.15) is 11.4 Å². The van der Waals surface area contributed by atoms with E-state index in [4.69, 9.17) is 4.42 Å². The molecule has 92 valence electrons. The van der Waals surface area contributed by atoms with Crippen molar-refractivity contribution in [3.05, 3.63) is 30.1 Å². The average Bonchev–Trinajstić information content (AvgIpc) is 2.94. The molecular formula is C12H10FN3OS. The summed E-state index contributed by atoms with van der Waals surface area (Å²) < 4.78 is 27.1. The Kier molecular flexibility index (Phi) is 2.71. The molecule has 0 radical (unpaired) electrons. The number of hydrogen-bond donors (Lipinski definition) is 1. The molecule has 6 heteroatoms. The molecule has 4 nitrogen and oxygen atoms in total. The molecule has 0 aliphatic carbocycles. The quantitative estimate of drug-likeness (QED) is 0.785. The van der Waals surface area contributed by atoms with Gasteiger partial charge >= 0.3 is 0 Å². The van der Waals surface area contributed by atoms with Crippen molar-refractivity contribution in [3.8, 4) is 11.5 Å². The predicted molar refractivity (Wildman–Crippen MR) is 69.2 cm³/mol. The van der Waals surface area contributed by atoms with Gasteiger partial charge in [-0.15, -0.1) is 0 Å². The molecule has 1 N–H and O–H groups in total. The minimum Gasteiger partial charge on any atom is -0.454 e. The Bertz CT molecular complexity index is 692. The molecule has 0 bridgehead atoms. The normalized spacial score (nSPS) is 11.0. The van der Waals surface area contributed by atoms with Crippen molar-refractivity contribution in [1.29, 1.82) is 0 Å². The number of aromatic nitrogens is 2.